The van der Waals surface area contributed by atoms with Crippen LogP contribution in [0.4, 0.5) is 0 Å². The molecule has 9 nitrogen and oxygen atoms in total. The van der Waals surface area contributed by atoms with Gasteiger partial charge < -0.3 is 15.6 Å². The van der Waals surface area contributed by atoms with Crippen LogP contribution in [0.15, 0.2) is 58.7 Å². The normalized spacial score (nSPS) is 14.8. The van der Waals surface area contributed by atoms with Crippen LogP contribution in [0.2, 0.25) is 0 Å². The van der Waals surface area contributed by atoms with E-state index in [4.69, 9.17) is 10.8 Å². The maximum atomic E-state index is 8.34. The number of H-pyrrole nitrogens is 1. The first-order valence-corrected chi connectivity index (χ1v) is 9.28. The molecule has 0 fully saturated rings. The molecule has 3 heterocycles. The van der Waals surface area contributed by atoms with Crippen molar-refractivity contribution in [1.29, 1.82) is 10.8 Å². The van der Waals surface area contributed by atoms with Crippen molar-refractivity contribution in [3.8, 4) is 0 Å². The van der Waals surface area contributed by atoms with Gasteiger partial charge in [0.25, 0.3) is 0 Å². The number of hydrogen-bond acceptors (Lipinski definition) is 5. The Kier molecular flexibility index (Phi) is 6.51. The minimum atomic E-state index is 0.256. The zero-order chi connectivity index (χ0) is 20.6. The van der Waals surface area contributed by atoms with Crippen LogP contribution < -0.4 is 16.1 Å². The van der Waals surface area contributed by atoms with Crippen molar-refractivity contribution in [3.63, 3.8) is 0 Å². The summed E-state index contributed by atoms with van der Waals surface area (Å²) in [5, 5.41) is 26.1. The summed E-state index contributed by atoms with van der Waals surface area (Å²) in [6, 6.07) is 3.70. The summed E-state index contributed by atoms with van der Waals surface area (Å²) < 4.78 is 1.73. The molecule has 3 rings (SSSR count). The van der Waals surface area contributed by atoms with Gasteiger partial charge in [0.15, 0.2) is 0 Å². The minimum absolute atomic E-state index is 0.256. The molecular weight excluding hydrogens is 366 g/mol. The number of rotatable bonds is 7. The number of hydrogen-bond donors (Lipinski definition) is 5. The number of allylic oxidation sites excluding steroid dienone is 1. The third-order valence-electron chi connectivity index (χ3n) is 4.25. The fourth-order valence-electron chi connectivity index (χ4n) is 2.85. The van der Waals surface area contributed by atoms with Crippen molar-refractivity contribution in [2.45, 2.75) is 26.3 Å². The van der Waals surface area contributed by atoms with Gasteiger partial charge >= 0.3 is 0 Å². The molecule has 2 aromatic rings. The van der Waals surface area contributed by atoms with Crippen LogP contribution in [0.5, 0.6) is 0 Å². The smallest absolute Gasteiger partial charge is 0.132 e. The largest absolute Gasteiger partial charge is 0.366 e. The molecule has 0 unspecified atom stereocenters. The summed E-state index contributed by atoms with van der Waals surface area (Å²) in [7, 11) is 1.86. The van der Waals surface area contributed by atoms with Crippen molar-refractivity contribution in [3.05, 3.63) is 65.3 Å². The lowest BCUT2D eigenvalue weighted by Crippen LogP contribution is -2.23. The average molecular weight is 391 g/mol. The van der Waals surface area contributed by atoms with Gasteiger partial charge in [0.1, 0.15) is 23.5 Å². The van der Waals surface area contributed by atoms with E-state index < -0.39 is 0 Å². The van der Waals surface area contributed by atoms with Gasteiger partial charge in [-0.3, -0.25) is 15.5 Å². The van der Waals surface area contributed by atoms with E-state index in [-0.39, 0.29) is 5.84 Å². The van der Waals surface area contributed by atoms with Crippen molar-refractivity contribution < 1.29 is 0 Å². The molecule has 5 N–H and O–H groups in total. The van der Waals surface area contributed by atoms with Crippen LogP contribution >= 0.6 is 0 Å². The first-order valence-electron chi connectivity index (χ1n) is 9.28. The lowest BCUT2D eigenvalue weighted by Gasteiger charge is -2.16. The minimum Gasteiger partial charge on any atom is -0.366 e. The van der Waals surface area contributed by atoms with Crippen molar-refractivity contribution in [2.24, 2.45) is 17.0 Å². The molecule has 0 amide bonds. The van der Waals surface area contributed by atoms with E-state index in [1.165, 1.54) is 0 Å². The number of aryl methyl sites for hydroxylation is 1. The molecule has 9 heteroatoms. The molecule has 0 spiro atoms. The van der Waals surface area contributed by atoms with E-state index in [1.807, 2.05) is 38.4 Å². The lowest BCUT2D eigenvalue weighted by atomic mass is 10.1. The van der Waals surface area contributed by atoms with Crippen LogP contribution in [-0.4, -0.2) is 32.7 Å². The number of aromatic nitrogens is 3. The van der Waals surface area contributed by atoms with Crippen molar-refractivity contribution in [1.82, 2.24) is 25.4 Å². The molecule has 1 aliphatic rings. The zero-order valence-electron chi connectivity index (χ0n) is 16.5. The predicted octanol–water partition coefficient (Wildman–Crippen LogP) is 2.05. The van der Waals surface area contributed by atoms with Gasteiger partial charge in [-0.2, -0.15) is 5.10 Å². The molecule has 0 radical (unpaired) electrons. The number of nitrogens with zero attached hydrogens (tertiary/aromatic N) is 4. The van der Waals surface area contributed by atoms with Gasteiger partial charge in [0.05, 0.1) is 11.9 Å². The van der Waals surface area contributed by atoms with E-state index in [0.717, 1.165) is 41.8 Å². The Balaban J connectivity index is 1.85. The Morgan fingerprint density at radius 1 is 1.45 bits per heavy atom. The number of amidine groups is 1. The van der Waals surface area contributed by atoms with Crippen molar-refractivity contribution >= 4 is 23.6 Å². The van der Waals surface area contributed by atoms with Gasteiger partial charge in [-0.05, 0) is 38.0 Å². The topological polar surface area (TPSA) is 130 Å². The standard InChI is InChI=1S/C20H25N9/c1-14-4-3-5-19(27-14)28-17(16-6-7-23-20(8-16)25-13-21)9-18(22)24-10-15-11-26-29(2)12-15/h5-9,11-13,28H,3-4,10H2,1-2H3,(H2,22,24)(H2,21,23,25)/b17-9-. The molecular formula is C20H25N9. The maximum Gasteiger partial charge on any atom is 0.132 e. The Bertz CT molecular complexity index is 1050. The third kappa shape index (κ3) is 5.86. The Morgan fingerprint density at radius 3 is 3.03 bits per heavy atom. The molecule has 0 saturated carbocycles. The highest BCUT2D eigenvalue weighted by atomic mass is 15.2. The van der Waals surface area contributed by atoms with Crippen LogP contribution in [0.25, 0.3) is 5.70 Å². The van der Waals surface area contributed by atoms with Crippen LogP contribution in [-0.2, 0) is 13.6 Å². The molecule has 29 heavy (non-hydrogen) atoms. The highest BCUT2D eigenvalue weighted by Gasteiger charge is 2.09. The molecule has 0 atom stereocenters. The summed E-state index contributed by atoms with van der Waals surface area (Å²) in [6.07, 6.45) is 12.1. The summed E-state index contributed by atoms with van der Waals surface area (Å²) >= 11 is 0. The highest BCUT2D eigenvalue weighted by molar-refractivity contribution is 5.97. The van der Waals surface area contributed by atoms with E-state index in [0.29, 0.717) is 17.7 Å². The quantitative estimate of drug-likeness (QED) is 0.366. The first-order chi connectivity index (χ1) is 14.0. The van der Waals surface area contributed by atoms with Crippen molar-refractivity contribution in [2.75, 3.05) is 0 Å². The number of aliphatic imine (C=N–C) groups is 1. The Labute approximate surface area is 169 Å². The monoisotopic (exact) mass is 391 g/mol. The molecule has 1 aliphatic heterocycles. The van der Waals surface area contributed by atoms with E-state index in [1.54, 1.807) is 23.2 Å². The second-order valence-electron chi connectivity index (χ2n) is 6.67. The Hall–Kier alpha value is -3.75. The van der Waals surface area contributed by atoms with Crippen LogP contribution in [0, 0.1) is 10.8 Å². The van der Waals surface area contributed by atoms with Crippen LogP contribution in [0.1, 0.15) is 30.9 Å². The SMILES string of the molecule is CC1=NC(N/C(=C\C(=N)NCc2cnn(C)c2)c2cc[nH]/c(=N\C=N)c2)=CCC1. The Morgan fingerprint density at radius 2 is 2.31 bits per heavy atom. The van der Waals surface area contributed by atoms with E-state index in [2.05, 4.69) is 30.7 Å². The molecule has 0 aliphatic carbocycles. The van der Waals surface area contributed by atoms with Gasteiger partial charge in [-0.25, -0.2) is 9.98 Å². The zero-order valence-corrected chi connectivity index (χ0v) is 16.5. The van der Waals surface area contributed by atoms with Gasteiger partial charge in [0.2, 0.25) is 0 Å². The van der Waals surface area contributed by atoms with Gasteiger partial charge in [0, 0.05) is 48.9 Å². The molecule has 0 aromatic carbocycles. The highest BCUT2D eigenvalue weighted by Crippen LogP contribution is 2.15. The fraction of sp³-hybridized carbons (Fsp3) is 0.250. The molecule has 0 bridgehead atoms. The fourth-order valence-corrected chi connectivity index (χ4v) is 2.85. The van der Waals surface area contributed by atoms with Gasteiger partial charge in [-0.1, -0.05) is 0 Å². The number of aromatic amines is 1. The maximum absolute atomic E-state index is 8.34. The summed E-state index contributed by atoms with van der Waals surface area (Å²) in [5.74, 6) is 1.02. The predicted molar refractivity (Wildman–Crippen MR) is 114 cm³/mol. The molecule has 0 saturated heterocycles. The van der Waals surface area contributed by atoms with E-state index >= 15 is 0 Å². The first kappa shape index (κ1) is 20.0. The lowest BCUT2D eigenvalue weighted by molar-refractivity contribution is 0.766. The molecule has 150 valence electrons. The summed E-state index contributed by atoms with van der Waals surface area (Å²) in [5.41, 5.74) is 4.17. The number of nitrogens with one attached hydrogen (secondary N) is 5. The second kappa shape index (κ2) is 9.45. The summed E-state index contributed by atoms with van der Waals surface area (Å²) in [4.78, 5) is 11.5. The second-order valence-corrected chi connectivity index (χ2v) is 6.67. The van der Waals surface area contributed by atoms with Gasteiger partial charge in [-0.15, -0.1) is 0 Å². The summed E-state index contributed by atoms with van der Waals surface area (Å²) in [6.45, 7) is 2.52. The average Bonchev–Trinajstić information content (AvgIpc) is 3.12. The third-order valence-corrected chi connectivity index (χ3v) is 4.25. The number of pyridine rings is 1. The molecule has 2 aromatic heterocycles. The van der Waals surface area contributed by atoms with E-state index in [9.17, 15) is 0 Å². The van der Waals surface area contributed by atoms with Crippen LogP contribution in [0.3, 0.4) is 0 Å².